The van der Waals surface area contributed by atoms with Crippen LogP contribution in [0.4, 0.5) is 5.69 Å². The van der Waals surface area contributed by atoms with Gasteiger partial charge in [0.05, 0.1) is 12.3 Å². The average molecular weight is 243 g/mol. The number of hydrogen-bond acceptors (Lipinski definition) is 3. The van der Waals surface area contributed by atoms with Crippen molar-refractivity contribution in [1.82, 2.24) is 9.78 Å². The van der Waals surface area contributed by atoms with Crippen molar-refractivity contribution >= 4 is 5.69 Å². The summed E-state index contributed by atoms with van der Waals surface area (Å²) >= 11 is 0. The maximum Gasteiger partial charge on any atom is 0.0666 e. The minimum atomic E-state index is 0.637. The van der Waals surface area contributed by atoms with E-state index >= 15 is 0 Å². The molecule has 2 heterocycles. The van der Waals surface area contributed by atoms with Crippen LogP contribution in [-0.4, -0.2) is 29.5 Å². The fourth-order valence-electron chi connectivity index (χ4n) is 2.19. The molecule has 0 bridgehead atoms. The van der Waals surface area contributed by atoms with Crippen molar-refractivity contribution in [3.8, 4) is 5.69 Å². The number of benzene rings is 1. The minimum absolute atomic E-state index is 0.637. The Morgan fingerprint density at radius 3 is 3.17 bits per heavy atom. The zero-order valence-electron chi connectivity index (χ0n) is 10.2. The van der Waals surface area contributed by atoms with Gasteiger partial charge in [-0.25, -0.2) is 4.68 Å². The van der Waals surface area contributed by atoms with Crippen LogP contribution in [0.15, 0.2) is 42.7 Å². The second-order valence-corrected chi connectivity index (χ2v) is 4.61. The number of hydrogen-bond donors (Lipinski definition) is 1. The van der Waals surface area contributed by atoms with E-state index in [9.17, 15) is 0 Å². The zero-order chi connectivity index (χ0) is 12.2. The lowest BCUT2D eigenvalue weighted by Crippen LogP contribution is -2.14. The van der Waals surface area contributed by atoms with Gasteiger partial charge in [-0.05, 0) is 30.7 Å². The van der Waals surface area contributed by atoms with E-state index in [1.807, 2.05) is 23.0 Å². The Balaban J connectivity index is 1.67. The highest BCUT2D eigenvalue weighted by Gasteiger charge is 2.14. The zero-order valence-corrected chi connectivity index (χ0v) is 10.2. The van der Waals surface area contributed by atoms with Crippen molar-refractivity contribution in [1.29, 1.82) is 0 Å². The van der Waals surface area contributed by atoms with Gasteiger partial charge < -0.3 is 10.1 Å². The van der Waals surface area contributed by atoms with E-state index in [1.54, 1.807) is 6.20 Å². The number of aromatic nitrogens is 2. The van der Waals surface area contributed by atoms with Gasteiger partial charge in [0.25, 0.3) is 0 Å². The molecule has 18 heavy (non-hydrogen) atoms. The quantitative estimate of drug-likeness (QED) is 0.895. The van der Waals surface area contributed by atoms with Crippen LogP contribution in [0.3, 0.4) is 0 Å². The summed E-state index contributed by atoms with van der Waals surface area (Å²) in [5, 5.41) is 7.70. The molecule has 0 radical (unpaired) electrons. The molecule has 2 aromatic rings. The van der Waals surface area contributed by atoms with Crippen molar-refractivity contribution in [3.05, 3.63) is 42.7 Å². The summed E-state index contributed by atoms with van der Waals surface area (Å²) in [4.78, 5) is 0. The summed E-state index contributed by atoms with van der Waals surface area (Å²) in [6, 6.07) is 10.2. The molecule has 1 saturated heterocycles. The molecule has 1 aliphatic heterocycles. The monoisotopic (exact) mass is 243 g/mol. The van der Waals surface area contributed by atoms with E-state index in [1.165, 1.54) is 0 Å². The van der Waals surface area contributed by atoms with Crippen LogP contribution in [0.25, 0.3) is 5.69 Å². The first kappa shape index (κ1) is 11.3. The molecule has 1 unspecified atom stereocenters. The average Bonchev–Trinajstić information content (AvgIpc) is 3.10. The number of ether oxygens (including phenoxy) is 1. The Bertz CT molecular complexity index is 490. The first-order valence-electron chi connectivity index (χ1n) is 6.33. The van der Waals surface area contributed by atoms with Gasteiger partial charge >= 0.3 is 0 Å². The predicted molar refractivity (Wildman–Crippen MR) is 71.0 cm³/mol. The largest absolute Gasteiger partial charge is 0.385 e. The lowest BCUT2D eigenvalue weighted by molar-refractivity contribution is 0.187. The van der Waals surface area contributed by atoms with Crippen molar-refractivity contribution in [2.75, 3.05) is 25.1 Å². The lowest BCUT2D eigenvalue weighted by atomic mass is 10.1. The molecule has 1 aliphatic rings. The summed E-state index contributed by atoms with van der Waals surface area (Å²) in [5.41, 5.74) is 2.21. The highest BCUT2D eigenvalue weighted by atomic mass is 16.5. The number of anilines is 1. The highest BCUT2D eigenvalue weighted by Crippen LogP contribution is 2.17. The fraction of sp³-hybridized carbons (Fsp3) is 0.357. The van der Waals surface area contributed by atoms with Crippen LogP contribution >= 0.6 is 0 Å². The van der Waals surface area contributed by atoms with Crippen LogP contribution in [0.1, 0.15) is 6.42 Å². The Morgan fingerprint density at radius 2 is 2.39 bits per heavy atom. The second kappa shape index (κ2) is 5.23. The van der Waals surface area contributed by atoms with E-state index in [4.69, 9.17) is 4.74 Å². The molecular formula is C14H17N3O. The third-order valence-electron chi connectivity index (χ3n) is 3.23. The van der Waals surface area contributed by atoms with E-state index in [0.717, 1.165) is 37.6 Å². The molecule has 0 spiro atoms. The van der Waals surface area contributed by atoms with Crippen molar-refractivity contribution in [3.63, 3.8) is 0 Å². The van der Waals surface area contributed by atoms with Gasteiger partial charge in [-0.3, -0.25) is 0 Å². The molecule has 1 aromatic carbocycles. The first-order chi connectivity index (χ1) is 8.92. The summed E-state index contributed by atoms with van der Waals surface area (Å²) in [6.07, 6.45) is 4.89. The molecule has 0 saturated carbocycles. The molecule has 1 aromatic heterocycles. The van der Waals surface area contributed by atoms with Gasteiger partial charge in [0.15, 0.2) is 0 Å². The summed E-state index contributed by atoms with van der Waals surface area (Å²) in [5.74, 6) is 0.637. The summed E-state index contributed by atoms with van der Waals surface area (Å²) < 4.78 is 7.24. The summed E-state index contributed by atoms with van der Waals surface area (Å²) in [7, 11) is 0. The topological polar surface area (TPSA) is 39.1 Å². The maximum atomic E-state index is 5.37. The molecule has 1 N–H and O–H groups in total. The molecule has 4 nitrogen and oxygen atoms in total. The van der Waals surface area contributed by atoms with Gasteiger partial charge in [0.2, 0.25) is 0 Å². The maximum absolute atomic E-state index is 5.37. The Kier molecular flexibility index (Phi) is 3.28. The van der Waals surface area contributed by atoms with Crippen molar-refractivity contribution in [2.24, 2.45) is 5.92 Å². The minimum Gasteiger partial charge on any atom is -0.385 e. The van der Waals surface area contributed by atoms with Gasteiger partial charge in [-0.1, -0.05) is 6.07 Å². The predicted octanol–water partition coefficient (Wildman–Crippen LogP) is 2.32. The molecular weight excluding hydrogens is 226 g/mol. The van der Waals surface area contributed by atoms with Crippen LogP contribution in [0, 0.1) is 5.92 Å². The molecule has 0 aliphatic carbocycles. The normalized spacial score (nSPS) is 19.0. The Labute approximate surface area is 107 Å². The van der Waals surface area contributed by atoms with Crippen LogP contribution < -0.4 is 5.32 Å². The Morgan fingerprint density at radius 1 is 1.39 bits per heavy atom. The molecule has 0 amide bonds. The second-order valence-electron chi connectivity index (χ2n) is 4.61. The third-order valence-corrected chi connectivity index (χ3v) is 3.23. The smallest absolute Gasteiger partial charge is 0.0666 e. The van der Waals surface area contributed by atoms with E-state index in [0.29, 0.717) is 5.92 Å². The third kappa shape index (κ3) is 2.54. The first-order valence-corrected chi connectivity index (χ1v) is 6.33. The molecule has 1 fully saturated rings. The molecule has 94 valence electrons. The SMILES string of the molecule is c1cc(NCC2CCOC2)cc(-n2cccn2)c1. The molecule has 3 rings (SSSR count). The standard InChI is InChI=1S/C14H17N3O/c1-3-13(15-10-12-5-8-18-11-12)9-14(4-1)17-7-2-6-16-17/h1-4,6-7,9,12,15H,5,8,10-11H2. The fourth-order valence-corrected chi connectivity index (χ4v) is 2.19. The molecule has 4 heteroatoms. The van der Waals surface area contributed by atoms with Crippen LogP contribution in [0.2, 0.25) is 0 Å². The van der Waals surface area contributed by atoms with Gasteiger partial charge in [0.1, 0.15) is 0 Å². The highest BCUT2D eigenvalue weighted by molar-refractivity contribution is 5.50. The number of nitrogens with one attached hydrogen (secondary N) is 1. The van der Waals surface area contributed by atoms with Gasteiger partial charge in [-0.2, -0.15) is 5.10 Å². The number of rotatable bonds is 4. The van der Waals surface area contributed by atoms with E-state index in [-0.39, 0.29) is 0 Å². The Hall–Kier alpha value is -1.81. The van der Waals surface area contributed by atoms with Crippen molar-refractivity contribution < 1.29 is 4.74 Å². The van der Waals surface area contributed by atoms with Gasteiger partial charge in [-0.15, -0.1) is 0 Å². The van der Waals surface area contributed by atoms with Crippen LogP contribution in [0.5, 0.6) is 0 Å². The lowest BCUT2D eigenvalue weighted by Gasteiger charge is -2.11. The number of nitrogens with zero attached hydrogens (tertiary/aromatic N) is 2. The van der Waals surface area contributed by atoms with E-state index < -0.39 is 0 Å². The summed E-state index contributed by atoms with van der Waals surface area (Å²) in [6.45, 7) is 2.76. The molecule has 1 atom stereocenters. The van der Waals surface area contributed by atoms with Crippen LogP contribution in [-0.2, 0) is 4.74 Å². The van der Waals surface area contributed by atoms with Gasteiger partial charge in [0, 0.05) is 37.2 Å². The van der Waals surface area contributed by atoms with E-state index in [2.05, 4.69) is 28.6 Å². The van der Waals surface area contributed by atoms with Crippen molar-refractivity contribution in [2.45, 2.75) is 6.42 Å².